The van der Waals surface area contributed by atoms with Crippen molar-refractivity contribution in [2.75, 3.05) is 34.5 Å². The van der Waals surface area contributed by atoms with Gasteiger partial charge in [-0.25, -0.2) is 13.1 Å². The van der Waals surface area contributed by atoms with Crippen LogP contribution in [0, 0.1) is 6.92 Å². The third-order valence-corrected chi connectivity index (χ3v) is 4.34. The van der Waals surface area contributed by atoms with Crippen molar-refractivity contribution in [2.24, 2.45) is 0 Å². The molecule has 0 heterocycles. The maximum absolute atomic E-state index is 12.3. The summed E-state index contributed by atoms with van der Waals surface area (Å²) in [6.45, 7) is 2.56. The minimum Gasteiger partial charge on any atom is -0.496 e. The molecule has 1 rings (SSSR count). The van der Waals surface area contributed by atoms with Gasteiger partial charge in [-0.2, -0.15) is 0 Å². The van der Waals surface area contributed by atoms with Crippen molar-refractivity contribution in [1.82, 2.24) is 4.72 Å². The first-order valence-electron chi connectivity index (χ1n) is 6.18. The van der Waals surface area contributed by atoms with E-state index in [9.17, 15) is 8.42 Å². The molecular weight excluding hydrogens is 282 g/mol. The molecular formula is C13H21NO5S. The number of benzene rings is 1. The quantitative estimate of drug-likeness (QED) is 0.733. The third-order valence-electron chi connectivity index (χ3n) is 2.85. The number of hydrogen-bond donors (Lipinski definition) is 1. The number of methoxy groups -OCH3 is 3. The van der Waals surface area contributed by atoms with Crippen LogP contribution in [-0.2, 0) is 14.8 Å². The van der Waals surface area contributed by atoms with Crippen molar-refractivity contribution in [3.63, 3.8) is 0 Å². The van der Waals surface area contributed by atoms with Crippen molar-refractivity contribution < 1.29 is 22.6 Å². The van der Waals surface area contributed by atoms with E-state index in [1.807, 2.05) is 0 Å². The Morgan fingerprint density at radius 1 is 1.15 bits per heavy atom. The van der Waals surface area contributed by atoms with Gasteiger partial charge in [-0.3, -0.25) is 0 Å². The average molecular weight is 303 g/mol. The summed E-state index contributed by atoms with van der Waals surface area (Å²) in [5.74, 6) is 0.878. The number of hydrogen-bond acceptors (Lipinski definition) is 5. The van der Waals surface area contributed by atoms with Gasteiger partial charge in [0.25, 0.3) is 0 Å². The van der Waals surface area contributed by atoms with Crippen LogP contribution >= 0.6 is 0 Å². The van der Waals surface area contributed by atoms with Crippen LogP contribution in [0.15, 0.2) is 17.0 Å². The molecule has 0 fully saturated rings. The van der Waals surface area contributed by atoms with Crippen molar-refractivity contribution in [3.05, 3.63) is 17.7 Å². The van der Waals surface area contributed by atoms with Gasteiger partial charge in [0.1, 0.15) is 16.4 Å². The predicted octanol–water partition coefficient (Wildman–Crippen LogP) is 1.33. The second-order valence-corrected chi connectivity index (χ2v) is 5.90. The van der Waals surface area contributed by atoms with Crippen LogP contribution in [0.3, 0.4) is 0 Å². The lowest BCUT2D eigenvalue weighted by atomic mass is 10.2. The van der Waals surface area contributed by atoms with Gasteiger partial charge in [-0.15, -0.1) is 0 Å². The van der Waals surface area contributed by atoms with E-state index in [4.69, 9.17) is 14.2 Å². The van der Waals surface area contributed by atoms with E-state index in [1.54, 1.807) is 20.1 Å². The van der Waals surface area contributed by atoms with Gasteiger partial charge in [0.2, 0.25) is 10.0 Å². The maximum atomic E-state index is 12.3. The average Bonchev–Trinajstić information content (AvgIpc) is 2.43. The lowest BCUT2D eigenvalue weighted by molar-refractivity contribution is 0.196. The molecule has 0 unspecified atom stereocenters. The first kappa shape index (κ1) is 16.7. The predicted molar refractivity (Wildman–Crippen MR) is 76.0 cm³/mol. The highest BCUT2D eigenvalue weighted by molar-refractivity contribution is 7.89. The molecule has 114 valence electrons. The van der Waals surface area contributed by atoms with Crippen molar-refractivity contribution in [2.45, 2.75) is 18.2 Å². The van der Waals surface area contributed by atoms with E-state index < -0.39 is 10.0 Å². The largest absolute Gasteiger partial charge is 0.496 e. The van der Waals surface area contributed by atoms with Crippen LogP contribution in [0.5, 0.6) is 11.5 Å². The molecule has 7 heteroatoms. The normalized spacial score (nSPS) is 11.4. The second kappa shape index (κ2) is 7.47. The molecule has 0 radical (unpaired) electrons. The molecule has 0 saturated carbocycles. The van der Waals surface area contributed by atoms with Crippen LogP contribution in [0.1, 0.15) is 12.0 Å². The Bertz CT molecular complexity index is 542. The summed E-state index contributed by atoms with van der Waals surface area (Å²) in [5.41, 5.74) is 0.648. The summed E-state index contributed by atoms with van der Waals surface area (Å²) in [6, 6.07) is 3.09. The summed E-state index contributed by atoms with van der Waals surface area (Å²) in [7, 11) is 0.920. The molecule has 0 aliphatic carbocycles. The standard InChI is InChI=1S/C13H21NO5S/c1-10-11(18-3)6-7-12(13(10)19-4)20(15,16)14-8-5-9-17-2/h6-7,14H,5,8-9H2,1-4H3. The van der Waals surface area contributed by atoms with E-state index in [2.05, 4.69) is 4.72 Å². The molecule has 0 amide bonds. The van der Waals surface area contributed by atoms with Gasteiger partial charge < -0.3 is 14.2 Å². The number of rotatable bonds is 8. The molecule has 0 saturated heterocycles. The minimum atomic E-state index is -3.62. The van der Waals surface area contributed by atoms with Crippen molar-refractivity contribution in [1.29, 1.82) is 0 Å². The fourth-order valence-electron chi connectivity index (χ4n) is 1.84. The molecule has 0 aliphatic heterocycles. The fourth-order valence-corrected chi connectivity index (χ4v) is 3.13. The Labute approximate surface area is 120 Å². The molecule has 0 atom stereocenters. The number of sulfonamides is 1. The Kier molecular flexibility index (Phi) is 6.25. The fraction of sp³-hybridized carbons (Fsp3) is 0.538. The number of nitrogens with one attached hydrogen (secondary N) is 1. The summed E-state index contributed by atoms with van der Waals surface area (Å²) >= 11 is 0. The van der Waals surface area contributed by atoms with Crippen LogP contribution in [0.25, 0.3) is 0 Å². The van der Waals surface area contributed by atoms with Gasteiger partial charge in [0, 0.05) is 25.8 Å². The van der Waals surface area contributed by atoms with E-state index in [-0.39, 0.29) is 4.90 Å². The molecule has 6 nitrogen and oxygen atoms in total. The highest BCUT2D eigenvalue weighted by Crippen LogP contribution is 2.33. The zero-order valence-corrected chi connectivity index (χ0v) is 13.0. The monoisotopic (exact) mass is 303 g/mol. The SMILES string of the molecule is COCCCNS(=O)(=O)c1ccc(OC)c(C)c1OC. The van der Waals surface area contributed by atoms with Crippen LogP contribution in [0.2, 0.25) is 0 Å². The molecule has 1 aromatic carbocycles. The van der Waals surface area contributed by atoms with Crippen molar-refractivity contribution >= 4 is 10.0 Å². The molecule has 0 spiro atoms. The molecule has 0 aromatic heterocycles. The summed E-state index contributed by atoms with van der Waals surface area (Å²) in [6.07, 6.45) is 0.604. The molecule has 1 N–H and O–H groups in total. The van der Waals surface area contributed by atoms with Gasteiger partial charge in [-0.1, -0.05) is 0 Å². The summed E-state index contributed by atoms with van der Waals surface area (Å²) in [5, 5.41) is 0. The maximum Gasteiger partial charge on any atom is 0.244 e. The number of ether oxygens (including phenoxy) is 3. The Balaban J connectivity index is 3.03. The van der Waals surface area contributed by atoms with Crippen LogP contribution in [-0.4, -0.2) is 42.9 Å². The summed E-state index contributed by atoms with van der Waals surface area (Å²) in [4.78, 5) is 0.107. The van der Waals surface area contributed by atoms with Gasteiger partial charge in [-0.05, 0) is 25.5 Å². The van der Waals surface area contributed by atoms with Crippen molar-refractivity contribution in [3.8, 4) is 11.5 Å². The lowest BCUT2D eigenvalue weighted by Crippen LogP contribution is -2.26. The van der Waals surface area contributed by atoms with Crippen LogP contribution in [0.4, 0.5) is 0 Å². The highest BCUT2D eigenvalue weighted by atomic mass is 32.2. The third kappa shape index (κ3) is 3.84. The van der Waals surface area contributed by atoms with Crippen LogP contribution < -0.4 is 14.2 Å². The van der Waals surface area contributed by atoms with E-state index in [0.717, 1.165) is 0 Å². The molecule has 20 heavy (non-hydrogen) atoms. The first-order valence-corrected chi connectivity index (χ1v) is 7.66. The molecule has 0 bridgehead atoms. The van der Waals surface area contributed by atoms with Gasteiger partial charge >= 0.3 is 0 Å². The van der Waals surface area contributed by atoms with E-state index in [0.29, 0.717) is 36.6 Å². The van der Waals surface area contributed by atoms with E-state index >= 15 is 0 Å². The minimum absolute atomic E-state index is 0.107. The zero-order valence-electron chi connectivity index (χ0n) is 12.2. The molecule has 0 aliphatic rings. The first-order chi connectivity index (χ1) is 9.47. The Morgan fingerprint density at radius 3 is 2.40 bits per heavy atom. The van der Waals surface area contributed by atoms with E-state index in [1.165, 1.54) is 20.3 Å². The smallest absolute Gasteiger partial charge is 0.244 e. The molecule has 1 aromatic rings. The Morgan fingerprint density at radius 2 is 1.85 bits per heavy atom. The topological polar surface area (TPSA) is 73.9 Å². The van der Waals surface area contributed by atoms with Gasteiger partial charge in [0.15, 0.2) is 0 Å². The van der Waals surface area contributed by atoms with Gasteiger partial charge in [0.05, 0.1) is 14.2 Å². The second-order valence-electron chi connectivity index (χ2n) is 4.17. The lowest BCUT2D eigenvalue weighted by Gasteiger charge is -2.15. The highest BCUT2D eigenvalue weighted by Gasteiger charge is 2.22. The Hall–Kier alpha value is -1.31. The zero-order chi connectivity index (χ0) is 15.2. The summed E-state index contributed by atoms with van der Waals surface area (Å²) < 4.78 is 42.3.